The van der Waals surface area contributed by atoms with Crippen LogP contribution >= 0.6 is 0 Å². The number of pyridine rings is 3. The Balaban J connectivity index is 1.02. The van der Waals surface area contributed by atoms with Crippen LogP contribution in [0.15, 0.2) is 182 Å². The highest BCUT2D eigenvalue weighted by molar-refractivity contribution is 5.80. The first-order valence-corrected chi connectivity index (χ1v) is 17.5. The Bertz CT molecular complexity index is 2410. The van der Waals surface area contributed by atoms with Crippen LogP contribution in [0, 0.1) is 0 Å². The van der Waals surface area contributed by atoms with E-state index in [2.05, 4.69) is 58.3 Å². The number of rotatable bonds is 9. The zero-order valence-electron chi connectivity index (χ0n) is 28.9. The second-order valence-electron chi connectivity index (χ2n) is 13.0. The molecule has 9 rings (SSSR count). The van der Waals surface area contributed by atoms with E-state index >= 15 is 0 Å². The molecule has 3 heterocycles. The number of nitrogens with zero attached hydrogens (tertiary/aromatic N) is 3. The van der Waals surface area contributed by atoms with Crippen LogP contribution in [0.5, 0.6) is 34.9 Å². The van der Waals surface area contributed by atoms with Crippen LogP contribution in [0.3, 0.4) is 0 Å². The first kappa shape index (κ1) is 31.9. The van der Waals surface area contributed by atoms with Gasteiger partial charge < -0.3 is 14.2 Å². The zero-order valence-corrected chi connectivity index (χ0v) is 28.9. The fourth-order valence-electron chi connectivity index (χ4n) is 6.74. The molecule has 0 spiro atoms. The molecule has 0 fully saturated rings. The number of fused-ring (bicyclic) bond motifs is 3. The van der Waals surface area contributed by atoms with Gasteiger partial charge in [0.05, 0.1) is 16.6 Å². The molecule has 0 bridgehead atoms. The van der Waals surface area contributed by atoms with Gasteiger partial charge in [0.1, 0.15) is 17.2 Å². The largest absolute Gasteiger partial charge is 0.439 e. The molecule has 6 heteroatoms. The molecule has 0 unspecified atom stereocenters. The number of hydrogen-bond acceptors (Lipinski definition) is 6. The first-order valence-electron chi connectivity index (χ1n) is 17.5. The highest BCUT2D eigenvalue weighted by atomic mass is 16.5. The highest BCUT2D eigenvalue weighted by Crippen LogP contribution is 2.41. The van der Waals surface area contributed by atoms with Gasteiger partial charge in [0.25, 0.3) is 0 Å². The van der Waals surface area contributed by atoms with Gasteiger partial charge in [-0.2, -0.15) is 0 Å². The third kappa shape index (κ3) is 6.50. The Morgan fingerprint density at radius 2 is 0.604 bits per heavy atom. The van der Waals surface area contributed by atoms with Crippen molar-refractivity contribution >= 4 is 32.7 Å². The van der Waals surface area contributed by atoms with E-state index in [-0.39, 0.29) is 0 Å². The molecule has 254 valence electrons. The van der Waals surface area contributed by atoms with Crippen LogP contribution in [-0.2, 0) is 5.41 Å². The third-order valence-corrected chi connectivity index (χ3v) is 9.68. The average Bonchev–Trinajstić information content (AvgIpc) is 3.21. The van der Waals surface area contributed by atoms with Crippen molar-refractivity contribution in [3.8, 4) is 34.9 Å². The van der Waals surface area contributed by atoms with E-state index < -0.39 is 5.41 Å². The molecule has 0 aliphatic heterocycles. The van der Waals surface area contributed by atoms with E-state index in [0.29, 0.717) is 34.9 Å². The summed E-state index contributed by atoms with van der Waals surface area (Å²) in [6, 6.07) is 60.5. The maximum absolute atomic E-state index is 6.21. The van der Waals surface area contributed by atoms with Crippen molar-refractivity contribution in [2.24, 2.45) is 0 Å². The van der Waals surface area contributed by atoms with Gasteiger partial charge in [-0.25, -0.2) is 15.0 Å². The van der Waals surface area contributed by atoms with E-state index in [0.717, 1.165) is 49.4 Å². The number of benzene rings is 6. The number of aromatic nitrogens is 3. The lowest BCUT2D eigenvalue weighted by atomic mass is 9.71. The molecular weight excluding hydrogens is 655 g/mol. The monoisotopic (exact) mass is 687 g/mol. The van der Waals surface area contributed by atoms with E-state index in [1.807, 2.05) is 146 Å². The van der Waals surface area contributed by atoms with Crippen molar-refractivity contribution in [1.82, 2.24) is 15.0 Å². The molecule has 9 aromatic rings. The minimum Gasteiger partial charge on any atom is -0.439 e. The average molecular weight is 688 g/mol. The molecule has 0 N–H and O–H groups in total. The van der Waals surface area contributed by atoms with Crippen molar-refractivity contribution in [2.75, 3.05) is 0 Å². The van der Waals surface area contributed by atoms with Crippen LogP contribution in [0.25, 0.3) is 32.7 Å². The predicted octanol–water partition coefficient (Wildman–Crippen LogP) is 12.1. The summed E-state index contributed by atoms with van der Waals surface area (Å²) in [6.45, 7) is 2.23. The van der Waals surface area contributed by atoms with Crippen molar-refractivity contribution in [2.45, 2.75) is 12.3 Å². The molecule has 53 heavy (non-hydrogen) atoms. The van der Waals surface area contributed by atoms with Crippen LogP contribution < -0.4 is 14.2 Å². The molecule has 0 radical (unpaired) electrons. The molecule has 3 aromatic heterocycles. The summed E-state index contributed by atoms with van der Waals surface area (Å²) in [6.07, 6.45) is 0. The number of para-hydroxylation sites is 3. The zero-order chi connectivity index (χ0) is 35.6. The van der Waals surface area contributed by atoms with Gasteiger partial charge in [-0.05, 0) is 96.4 Å². The van der Waals surface area contributed by atoms with Crippen molar-refractivity contribution in [1.29, 1.82) is 0 Å². The van der Waals surface area contributed by atoms with Gasteiger partial charge >= 0.3 is 0 Å². The van der Waals surface area contributed by atoms with E-state index in [4.69, 9.17) is 14.2 Å². The maximum atomic E-state index is 6.21. The summed E-state index contributed by atoms with van der Waals surface area (Å²) in [5, 5.41) is 3.21. The molecule has 0 atom stereocenters. The van der Waals surface area contributed by atoms with Gasteiger partial charge in [0.2, 0.25) is 17.6 Å². The van der Waals surface area contributed by atoms with Gasteiger partial charge in [0, 0.05) is 39.8 Å². The quantitative estimate of drug-likeness (QED) is 0.141. The predicted molar refractivity (Wildman–Crippen MR) is 210 cm³/mol. The molecule has 0 aliphatic carbocycles. The van der Waals surface area contributed by atoms with Crippen molar-refractivity contribution < 1.29 is 14.2 Å². The summed E-state index contributed by atoms with van der Waals surface area (Å²) in [5.74, 6) is 3.76. The maximum Gasteiger partial charge on any atom is 0.219 e. The summed E-state index contributed by atoms with van der Waals surface area (Å²) >= 11 is 0. The van der Waals surface area contributed by atoms with Crippen LogP contribution in [0.4, 0.5) is 0 Å². The first-order chi connectivity index (χ1) is 26.1. The second-order valence-corrected chi connectivity index (χ2v) is 13.0. The molecule has 0 amide bonds. The van der Waals surface area contributed by atoms with Gasteiger partial charge in [-0.15, -0.1) is 0 Å². The summed E-state index contributed by atoms with van der Waals surface area (Å²) in [5.41, 5.74) is 5.40. The Morgan fingerprint density at radius 3 is 0.906 bits per heavy atom. The lowest BCUT2D eigenvalue weighted by molar-refractivity contribution is 0.464. The van der Waals surface area contributed by atoms with Crippen LogP contribution in [0.2, 0.25) is 0 Å². The number of hydrogen-bond donors (Lipinski definition) is 0. The summed E-state index contributed by atoms with van der Waals surface area (Å²) in [4.78, 5) is 14.1. The van der Waals surface area contributed by atoms with Gasteiger partial charge in [-0.1, -0.05) is 91.0 Å². The van der Waals surface area contributed by atoms with E-state index in [9.17, 15) is 0 Å². The smallest absolute Gasteiger partial charge is 0.219 e. The fourth-order valence-corrected chi connectivity index (χ4v) is 6.74. The lowest BCUT2D eigenvalue weighted by Crippen LogP contribution is -2.25. The lowest BCUT2D eigenvalue weighted by Gasteiger charge is -2.32. The molecular formula is C47H33N3O3. The van der Waals surface area contributed by atoms with Crippen LogP contribution in [0.1, 0.15) is 23.6 Å². The van der Waals surface area contributed by atoms with Crippen LogP contribution in [-0.4, -0.2) is 15.0 Å². The topological polar surface area (TPSA) is 66.4 Å². The van der Waals surface area contributed by atoms with Crippen molar-refractivity contribution in [3.05, 3.63) is 199 Å². The molecule has 0 saturated carbocycles. The SMILES string of the molecule is CC(c1ccc(Oc2ccc3ccccc3n2)cc1)(c1ccc(Oc2ccc3ccccc3n2)cc1)c1ccc(Oc2ccc3ccccc3n2)cc1. The van der Waals surface area contributed by atoms with Crippen molar-refractivity contribution in [3.63, 3.8) is 0 Å². The Hall–Kier alpha value is -7.05. The Morgan fingerprint density at radius 1 is 0.321 bits per heavy atom. The van der Waals surface area contributed by atoms with Gasteiger partial charge in [-0.3, -0.25) is 0 Å². The Labute approximate surface area is 306 Å². The molecule has 6 nitrogen and oxygen atoms in total. The summed E-state index contributed by atoms with van der Waals surface area (Å²) in [7, 11) is 0. The normalized spacial score (nSPS) is 11.5. The third-order valence-electron chi connectivity index (χ3n) is 9.68. The fraction of sp³-hybridized carbons (Fsp3) is 0.0426. The molecule has 0 saturated heterocycles. The minimum absolute atomic E-state index is 0.542. The van der Waals surface area contributed by atoms with E-state index in [1.165, 1.54) is 0 Å². The standard InChI is InChI=1S/C47H33N3O3/c1-47(35-17-23-38(24-18-35)51-44-29-14-32-8-2-5-11-41(32)48-44,36-19-25-39(26-20-36)52-45-30-15-33-9-3-6-12-42(33)49-45)37-21-27-40(28-22-37)53-46-31-16-34-10-4-7-13-43(34)50-46/h2-31H,1H3. The minimum atomic E-state index is -0.542. The second kappa shape index (κ2) is 13.6. The molecule has 0 aliphatic rings. The van der Waals surface area contributed by atoms with E-state index in [1.54, 1.807) is 0 Å². The highest BCUT2D eigenvalue weighted by Gasteiger charge is 2.31. The molecule has 6 aromatic carbocycles. The summed E-state index contributed by atoms with van der Waals surface area (Å²) < 4.78 is 18.6. The Kier molecular flexibility index (Phi) is 8.18. The van der Waals surface area contributed by atoms with Gasteiger partial charge in [0.15, 0.2) is 0 Å². The number of ether oxygens (including phenoxy) is 3.